The zero-order valence-electron chi connectivity index (χ0n) is 15.1. The van der Waals surface area contributed by atoms with Crippen molar-refractivity contribution >= 4 is 22.7 Å². The fourth-order valence-corrected chi connectivity index (χ4v) is 5.41. The Morgan fingerprint density at radius 3 is 2.89 bits per heavy atom. The molecule has 3 aromatic rings. The molecule has 0 saturated carbocycles. The molecule has 5 rings (SSSR count). The van der Waals surface area contributed by atoms with Crippen LogP contribution in [-0.4, -0.2) is 29.6 Å². The van der Waals surface area contributed by atoms with Crippen LogP contribution in [0.2, 0.25) is 0 Å². The predicted molar refractivity (Wildman–Crippen MR) is 110 cm³/mol. The molecule has 1 saturated heterocycles. The van der Waals surface area contributed by atoms with Gasteiger partial charge in [0.25, 0.3) is 0 Å². The van der Waals surface area contributed by atoms with Gasteiger partial charge >= 0.3 is 0 Å². The van der Waals surface area contributed by atoms with Gasteiger partial charge in [-0.3, -0.25) is 4.90 Å². The number of nitrogens with zero attached hydrogens (tertiary/aromatic N) is 2. The lowest BCUT2D eigenvalue weighted by atomic mass is 10.0. The topological polar surface area (TPSA) is 34.6 Å². The standard InChI is InChI=1S/C21H22N2O2S2/c1-3-18(15-4-5-19-20(11-15)25-9-2-8-24-19)23(7-1)12-17-14-27-21(22-17)16-6-10-26-13-16/h4-6,10-11,13-14,18H,1-3,7-9,12H2. The molecule has 1 unspecified atom stereocenters. The molecule has 1 atom stereocenters. The van der Waals surface area contributed by atoms with E-state index in [4.69, 9.17) is 14.5 Å². The lowest BCUT2D eigenvalue weighted by Crippen LogP contribution is -2.23. The van der Waals surface area contributed by atoms with Crippen LogP contribution in [0, 0.1) is 0 Å². The Bertz CT molecular complexity index is 907. The Hall–Kier alpha value is -1.89. The van der Waals surface area contributed by atoms with E-state index in [0.717, 1.165) is 49.2 Å². The number of aromatic nitrogens is 1. The maximum atomic E-state index is 5.89. The minimum Gasteiger partial charge on any atom is -0.490 e. The van der Waals surface area contributed by atoms with Gasteiger partial charge in [-0.15, -0.1) is 11.3 Å². The molecular formula is C21H22N2O2S2. The number of likely N-dealkylation sites (tertiary alicyclic amines) is 1. The van der Waals surface area contributed by atoms with Crippen molar-refractivity contribution < 1.29 is 9.47 Å². The molecular weight excluding hydrogens is 376 g/mol. The fourth-order valence-electron chi connectivity index (χ4n) is 3.89. The Morgan fingerprint density at radius 1 is 1.07 bits per heavy atom. The Morgan fingerprint density at radius 2 is 2.00 bits per heavy atom. The molecule has 2 aliphatic heterocycles. The highest BCUT2D eigenvalue weighted by Gasteiger charge is 2.27. The van der Waals surface area contributed by atoms with Crippen molar-refractivity contribution in [1.29, 1.82) is 0 Å². The molecule has 0 amide bonds. The van der Waals surface area contributed by atoms with Gasteiger partial charge in [-0.2, -0.15) is 11.3 Å². The summed E-state index contributed by atoms with van der Waals surface area (Å²) in [5.74, 6) is 1.77. The molecule has 2 aromatic heterocycles. The minimum atomic E-state index is 0.424. The lowest BCUT2D eigenvalue weighted by Gasteiger charge is -2.24. The summed E-state index contributed by atoms with van der Waals surface area (Å²) >= 11 is 3.46. The number of thiophene rings is 1. The number of rotatable bonds is 4. The van der Waals surface area contributed by atoms with E-state index in [1.165, 1.54) is 29.7 Å². The van der Waals surface area contributed by atoms with E-state index in [9.17, 15) is 0 Å². The third-order valence-corrected chi connectivity index (χ3v) is 6.83. The van der Waals surface area contributed by atoms with Crippen LogP contribution in [0.4, 0.5) is 0 Å². The van der Waals surface area contributed by atoms with Gasteiger partial charge in [0.05, 0.1) is 18.9 Å². The first kappa shape index (κ1) is 17.2. The molecule has 0 N–H and O–H groups in total. The molecule has 0 radical (unpaired) electrons. The van der Waals surface area contributed by atoms with Crippen LogP contribution >= 0.6 is 22.7 Å². The molecule has 0 aliphatic carbocycles. The van der Waals surface area contributed by atoms with Gasteiger partial charge in [0.2, 0.25) is 0 Å². The number of hydrogen-bond acceptors (Lipinski definition) is 6. The molecule has 0 spiro atoms. The van der Waals surface area contributed by atoms with Crippen molar-refractivity contribution in [3.63, 3.8) is 0 Å². The van der Waals surface area contributed by atoms with Crippen molar-refractivity contribution in [1.82, 2.24) is 9.88 Å². The SMILES string of the molecule is c1cc(-c2nc(CN3CCCC3c3ccc4c(c3)OCCCO4)cs2)cs1. The molecule has 2 aliphatic rings. The van der Waals surface area contributed by atoms with Crippen molar-refractivity contribution in [3.8, 4) is 22.1 Å². The molecule has 0 bridgehead atoms. The van der Waals surface area contributed by atoms with E-state index in [-0.39, 0.29) is 0 Å². The highest BCUT2D eigenvalue weighted by Crippen LogP contribution is 2.38. The van der Waals surface area contributed by atoms with Crippen molar-refractivity contribution in [2.24, 2.45) is 0 Å². The van der Waals surface area contributed by atoms with Gasteiger partial charge in [0, 0.05) is 35.3 Å². The number of fused-ring (bicyclic) bond motifs is 1. The first-order chi connectivity index (χ1) is 13.4. The van der Waals surface area contributed by atoms with Gasteiger partial charge < -0.3 is 9.47 Å². The van der Waals surface area contributed by atoms with Crippen LogP contribution in [-0.2, 0) is 6.54 Å². The van der Waals surface area contributed by atoms with Crippen LogP contribution in [0.25, 0.3) is 10.6 Å². The predicted octanol–water partition coefficient (Wildman–Crippen LogP) is 5.37. The molecule has 4 heterocycles. The van der Waals surface area contributed by atoms with E-state index in [2.05, 4.69) is 45.3 Å². The smallest absolute Gasteiger partial charge is 0.161 e. The molecule has 27 heavy (non-hydrogen) atoms. The van der Waals surface area contributed by atoms with Crippen molar-refractivity contribution in [2.75, 3.05) is 19.8 Å². The van der Waals surface area contributed by atoms with E-state index in [1.807, 2.05) is 0 Å². The van der Waals surface area contributed by atoms with E-state index in [1.54, 1.807) is 22.7 Å². The fraction of sp³-hybridized carbons (Fsp3) is 0.381. The van der Waals surface area contributed by atoms with Crippen LogP contribution in [0.15, 0.2) is 40.4 Å². The average molecular weight is 399 g/mol. The summed E-state index contributed by atoms with van der Waals surface area (Å²) in [6, 6.07) is 9.03. The summed E-state index contributed by atoms with van der Waals surface area (Å²) in [4.78, 5) is 7.41. The van der Waals surface area contributed by atoms with E-state index in [0.29, 0.717) is 6.04 Å². The normalized spacial score (nSPS) is 19.9. The average Bonchev–Trinajstić information content (AvgIpc) is 3.42. The summed E-state index contributed by atoms with van der Waals surface area (Å²) in [7, 11) is 0. The molecule has 140 valence electrons. The first-order valence-electron chi connectivity index (χ1n) is 9.47. The maximum absolute atomic E-state index is 5.89. The van der Waals surface area contributed by atoms with Gasteiger partial charge in [-0.25, -0.2) is 4.98 Å². The summed E-state index contributed by atoms with van der Waals surface area (Å²) in [6.07, 6.45) is 3.34. The van der Waals surface area contributed by atoms with Crippen molar-refractivity contribution in [2.45, 2.75) is 31.8 Å². The van der Waals surface area contributed by atoms with Gasteiger partial charge in [-0.05, 0) is 48.5 Å². The zero-order valence-corrected chi connectivity index (χ0v) is 16.7. The maximum Gasteiger partial charge on any atom is 0.161 e. The first-order valence-corrected chi connectivity index (χ1v) is 11.3. The van der Waals surface area contributed by atoms with Gasteiger partial charge in [0.1, 0.15) is 5.01 Å². The van der Waals surface area contributed by atoms with Crippen molar-refractivity contribution in [3.05, 3.63) is 51.7 Å². The minimum absolute atomic E-state index is 0.424. The second-order valence-corrected chi connectivity index (χ2v) is 8.68. The largest absolute Gasteiger partial charge is 0.490 e. The quantitative estimate of drug-likeness (QED) is 0.592. The summed E-state index contributed by atoms with van der Waals surface area (Å²) < 4.78 is 11.7. The summed E-state index contributed by atoms with van der Waals surface area (Å²) in [5.41, 5.74) is 3.73. The number of thiazole rings is 1. The van der Waals surface area contributed by atoms with Crippen LogP contribution in [0.5, 0.6) is 11.5 Å². The Labute approximate surface area is 167 Å². The second-order valence-electron chi connectivity index (χ2n) is 7.04. The second kappa shape index (κ2) is 7.62. The highest BCUT2D eigenvalue weighted by atomic mass is 32.1. The molecule has 6 heteroatoms. The lowest BCUT2D eigenvalue weighted by molar-refractivity contribution is 0.245. The van der Waals surface area contributed by atoms with E-state index >= 15 is 0 Å². The molecule has 1 fully saturated rings. The highest BCUT2D eigenvalue weighted by molar-refractivity contribution is 7.14. The van der Waals surface area contributed by atoms with Gasteiger partial charge in [-0.1, -0.05) is 6.07 Å². The van der Waals surface area contributed by atoms with Gasteiger partial charge in [0.15, 0.2) is 11.5 Å². The van der Waals surface area contributed by atoms with Crippen LogP contribution < -0.4 is 9.47 Å². The number of benzene rings is 1. The third-order valence-electron chi connectivity index (χ3n) is 5.20. The van der Waals surface area contributed by atoms with Crippen LogP contribution in [0.3, 0.4) is 0 Å². The Kier molecular flexibility index (Phi) is 4.86. The monoisotopic (exact) mass is 398 g/mol. The number of ether oxygens (including phenoxy) is 2. The molecule has 1 aromatic carbocycles. The zero-order chi connectivity index (χ0) is 18.1. The van der Waals surface area contributed by atoms with Crippen LogP contribution in [0.1, 0.15) is 36.6 Å². The molecule has 4 nitrogen and oxygen atoms in total. The van der Waals surface area contributed by atoms with E-state index < -0.39 is 0 Å². The number of hydrogen-bond donors (Lipinski definition) is 0. The Balaban J connectivity index is 1.34. The summed E-state index contributed by atoms with van der Waals surface area (Å²) in [6.45, 7) is 3.48. The third kappa shape index (κ3) is 3.61. The summed E-state index contributed by atoms with van der Waals surface area (Å²) in [5, 5.41) is 7.60.